The fourth-order valence-corrected chi connectivity index (χ4v) is 1.06. The van der Waals surface area contributed by atoms with E-state index < -0.39 is 4.92 Å². The van der Waals surface area contributed by atoms with Gasteiger partial charge in [-0.15, -0.1) is 0 Å². The van der Waals surface area contributed by atoms with Crippen LogP contribution in [0, 0.1) is 10.1 Å². The number of carbonyl (C=O) groups is 1. The zero-order chi connectivity index (χ0) is 12.7. The predicted molar refractivity (Wildman–Crippen MR) is 60.5 cm³/mol. The first-order chi connectivity index (χ1) is 8.09. The lowest BCUT2D eigenvalue weighted by Crippen LogP contribution is -2.22. The molecule has 0 radical (unpaired) electrons. The highest BCUT2D eigenvalue weighted by Gasteiger charge is 2.05. The molecule has 1 aromatic heterocycles. The zero-order valence-corrected chi connectivity index (χ0v) is 9.34. The van der Waals surface area contributed by atoms with Crippen LogP contribution in [0.15, 0.2) is 12.4 Å². The molecular weight excluding hydrogens is 226 g/mol. The van der Waals surface area contributed by atoms with Crippen LogP contribution in [0.4, 0.5) is 11.6 Å². The summed E-state index contributed by atoms with van der Waals surface area (Å²) in [5, 5.41) is 15.9. The van der Waals surface area contributed by atoms with E-state index in [1.54, 1.807) is 0 Å². The Morgan fingerprint density at radius 2 is 2.06 bits per heavy atom. The smallest absolute Gasteiger partial charge is 0.305 e. The minimum Gasteiger partial charge on any atom is -0.356 e. The first-order valence-electron chi connectivity index (χ1n) is 5.04. The third kappa shape index (κ3) is 4.87. The maximum atomic E-state index is 10.6. The Labute approximate surface area is 97.6 Å². The molecular formula is C9H13N5O3. The molecule has 1 aromatic rings. The van der Waals surface area contributed by atoms with Crippen molar-refractivity contribution >= 4 is 17.5 Å². The molecule has 0 atom stereocenters. The predicted octanol–water partition coefficient (Wildman–Crippen LogP) is 0.323. The van der Waals surface area contributed by atoms with Gasteiger partial charge in [0.05, 0.1) is 4.92 Å². The van der Waals surface area contributed by atoms with Gasteiger partial charge in [0.2, 0.25) is 11.9 Å². The van der Waals surface area contributed by atoms with Crippen molar-refractivity contribution in [1.82, 2.24) is 15.3 Å². The van der Waals surface area contributed by atoms with Crippen LogP contribution in [0.2, 0.25) is 0 Å². The molecule has 1 heterocycles. The van der Waals surface area contributed by atoms with Gasteiger partial charge in [0.1, 0.15) is 12.4 Å². The van der Waals surface area contributed by atoms with Crippen LogP contribution in [0.1, 0.15) is 13.3 Å². The summed E-state index contributed by atoms with van der Waals surface area (Å²) in [7, 11) is 0. The maximum absolute atomic E-state index is 10.6. The van der Waals surface area contributed by atoms with Crippen LogP contribution < -0.4 is 10.6 Å². The van der Waals surface area contributed by atoms with Gasteiger partial charge in [-0.3, -0.25) is 14.9 Å². The summed E-state index contributed by atoms with van der Waals surface area (Å²) < 4.78 is 0. The highest BCUT2D eigenvalue weighted by molar-refractivity contribution is 5.72. The van der Waals surface area contributed by atoms with Crippen LogP contribution in [-0.2, 0) is 4.79 Å². The van der Waals surface area contributed by atoms with Crippen molar-refractivity contribution in [2.75, 3.05) is 18.4 Å². The van der Waals surface area contributed by atoms with E-state index in [0.29, 0.717) is 19.0 Å². The topological polar surface area (TPSA) is 110 Å². The van der Waals surface area contributed by atoms with E-state index >= 15 is 0 Å². The van der Waals surface area contributed by atoms with Crippen molar-refractivity contribution in [3.8, 4) is 0 Å². The number of aromatic nitrogens is 2. The summed E-state index contributed by atoms with van der Waals surface area (Å²) in [6, 6.07) is 0. The molecule has 0 aliphatic rings. The molecule has 0 unspecified atom stereocenters. The van der Waals surface area contributed by atoms with Gasteiger partial charge >= 0.3 is 5.69 Å². The molecule has 0 aromatic carbocycles. The van der Waals surface area contributed by atoms with E-state index in [9.17, 15) is 14.9 Å². The number of nitrogens with one attached hydrogen (secondary N) is 2. The molecule has 92 valence electrons. The normalized spacial score (nSPS) is 9.71. The second kappa shape index (κ2) is 6.36. The van der Waals surface area contributed by atoms with Crippen molar-refractivity contribution in [3.05, 3.63) is 22.5 Å². The van der Waals surface area contributed by atoms with E-state index in [4.69, 9.17) is 0 Å². The third-order valence-corrected chi connectivity index (χ3v) is 1.86. The molecule has 0 aliphatic carbocycles. The lowest BCUT2D eigenvalue weighted by molar-refractivity contribution is -0.385. The van der Waals surface area contributed by atoms with E-state index in [-0.39, 0.29) is 11.6 Å². The Kier molecular flexibility index (Phi) is 4.79. The number of nitro groups is 1. The van der Waals surface area contributed by atoms with Gasteiger partial charge in [-0.1, -0.05) is 0 Å². The zero-order valence-electron chi connectivity index (χ0n) is 9.34. The molecule has 1 amide bonds. The molecule has 8 nitrogen and oxygen atoms in total. The minimum atomic E-state index is -0.555. The number of hydrogen-bond acceptors (Lipinski definition) is 6. The van der Waals surface area contributed by atoms with Gasteiger partial charge in [0.15, 0.2) is 0 Å². The largest absolute Gasteiger partial charge is 0.356 e. The Morgan fingerprint density at radius 1 is 1.41 bits per heavy atom. The van der Waals surface area contributed by atoms with E-state index in [1.807, 2.05) is 0 Å². The molecule has 0 spiro atoms. The number of hydrogen-bond donors (Lipinski definition) is 2. The first-order valence-corrected chi connectivity index (χ1v) is 5.04. The first kappa shape index (κ1) is 12.8. The molecule has 0 saturated carbocycles. The summed E-state index contributed by atoms with van der Waals surface area (Å²) in [4.78, 5) is 27.9. The SMILES string of the molecule is CC(=O)NCCCNc1ncc([N+](=O)[O-])cn1. The molecule has 17 heavy (non-hydrogen) atoms. The minimum absolute atomic E-state index is 0.0726. The van der Waals surface area contributed by atoms with Crippen LogP contribution >= 0.6 is 0 Å². The lowest BCUT2D eigenvalue weighted by Gasteiger charge is -2.04. The summed E-state index contributed by atoms with van der Waals surface area (Å²) in [5.41, 5.74) is -0.145. The summed E-state index contributed by atoms with van der Waals surface area (Å²) in [5.74, 6) is 0.259. The highest BCUT2D eigenvalue weighted by atomic mass is 16.6. The van der Waals surface area contributed by atoms with Gasteiger partial charge in [-0.25, -0.2) is 9.97 Å². The van der Waals surface area contributed by atoms with Crippen LogP contribution in [0.25, 0.3) is 0 Å². The lowest BCUT2D eigenvalue weighted by atomic mass is 10.4. The Bertz CT molecular complexity index is 392. The fourth-order valence-electron chi connectivity index (χ4n) is 1.06. The molecule has 1 rings (SSSR count). The monoisotopic (exact) mass is 239 g/mol. The van der Waals surface area contributed by atoms with Crippen molar-refractivity contribution in [2.24, 2.45) is 0 Å². The highest BCUT2D eigenvalue weighted by Crippen LogP contribution is 2.07. The number of amides is 1. The Balaban J connectivity index is 2.27. The van der Waals surface area contributed by atoms with Gasteiger partial charge in [0, 0.05) is 20.0 Å². The number of rotatable bonds is 6. The summed E-state index contributed by atoms with van der Waals surface area (Å²) in [6.07, 6.45) is 3.01. The summed E-state index contributed by atoms with van der Waals surface area (Å²) >= 11 is 0. The maximum Gasteiger partial charge on any atom is 0.305 e. The van der Waals surface area contributed by atoms with Crippen molar-refractivity contribution in [1.29, 1.82) is 0 Å². The average Bonchev–Trinajstić information content (AvgIpc) is 2.29. The molecule has 8 heteroatoms. The molecule has 2 N–H and O–H groups in total. The Hall–Kier alpha value is -2.25. The third-order valence-electron chi connectivity index (χ3n) is 1.86. The molecule has 0 bridgehead atoms. The molecule has 0 aliphatic heterocycles. The van der Waals surface area contributed by atoms with Crippen LogP contribution in [-0.4, -0.2) is 33.9 Å². The molecule has 0 fully saturated rings. The number of carbonyl (C=O) groups excluding carboxylic acids is 1. The van der Waals surface area contributed by atoms with Crippen molar-refractivity contribution in [2.45, 2.75) is 13.3 Å². The molecule has 0 saturated heterocycles. The van der Waals surface area contributed by atoms with Gasteiger partial charge < -0.3 is 10.6 Å². The second-order valence-corrected chi connectivity index (χ2v) is 3.29. The number of nitrogens with zero attached hydrogens (tertiary/aromatic N) is 3. The average molecular weight is 239 g/mol. The van der Waals surface area contributed by atoms with Crippen LogP contribution in [0.3, 0.4) is 0 Å². The van der Waals surface area contributed by atoms with Gasteiger partial charge in [-0.05, 0) is 6.42 Å². The van der Waals surface area contributed by atoms with Gasteiger partial charge in [0.25, 0.3) is 0 Å². The van der Waals surface area contributed by atoms with Crippen LogP contribution in [0.5, 0.6) is 0 Å². The van der Waals surface area contributed by atoms with Crippen molar-refractivity contribution in [3.63, 3.8) is 0 Å². The second-order valence-electron chi connectivity index (χ2n) is 3.29. The van der Waals surface area contributed by atoms with E-state index in [1.165, 1.54) is 6.92 Å². The number of anilines is 1. The van der Waals surface area contributed by atoms with Gasteiger partial charge in [-0.2, -0.15) is 0 Å². The standard InChI is InChI=1S/C9H13N5O3/c1-7(15)10-3-2-4-11-9-12-5-8(6-13-9)14(16)17/h5-6H,2-4H2,1H3,(H,10,15)(H,11,12,13). The fraction of sp³-hybridized carbons (Fsp3) is 0.444. The van der Waals surface area contributed by atoms with Crippen molar-refractivity contribution < 1.29 is 9.72 Å². The summed E-state index contributed by atoms with van der Waals surface area (Å²) in [6.45, 7) is 2.60. The quantitative estimate of drug-likeness (QED) is 0.420. The van der Waals surface area contributed by atoms with E-state index in [0.717, 1.165) is 18.8 Å². The van der Waals surface area contributed by atoms with E-state index in [2.05, 4.69) is 20.6 Å². The Morgan fingerprint density at radius 3 is 2.59 bits per heavy atom.